The lowest BCUT2D eigenvalue weighted by Gasteiger charge is -2.48. The highest BCUT2D eigenvalue weighted by Crippen LogP contribution is 2.58. The van der Waals surface area contributed by atoms with E-state index in [-0.39, 0.29) is 10.8 Å². The molecule has 124 valence electrons. The van der Waals surface area contributed by atoms with Gasteiger partial charge in [-0.3, -0.25) is 0 Å². The second-order valence-electron chi connectivity index (χ2n) is 8.06. The zero-order chi connectivity index (χ0) is 17.4. The van der Waals surface area contributed by atoms with Crippen LogP contribution in [0.15, 0.2) is 55.0 Å². The van der Waals surface area contributed by atoms with Gasteiger partial charge in [-0.25, -0.2) is 9.97 Å². The van der Waals surface area contributed by atoms with Crippen molar-refractivity contribution in [1.29, 1.82) is 0 Å². The van der Waals surface area contributed by atoms with Gasteiger partial charge in [0.15, 0.2) is 0 Å². The van der Waals surface area contributed by atoms with Crippen molar-refractivity contribution >= 4 is 17.1 Å². The largest absolute Gasteiger partial charge is 0.306 e. The summed E-state index contributed by atoms with van der Waals surface area (Å²) in [7, 11) is 0. The SMILES string of the molecule is CC1(C)c2ccccc2N2c3cncnc3C(C)(C)c3cccc1c32. The van der Waals surface area contributed by atoms with E-state index >= 15 is 0 Å². The summed E-state index contributed by atoms with van der Waals surface area (Å²) in [6.07, 6.45) is 3.62. The first-order chi connectivity index (χ1) is 11.9. The van der Waals surface area contributed by atoms with Crippen LogP contribution in [0.4, 0.5) is 17.1 Å². The number of para-hydroxylation sites is 2. The molecule has 0 amide bonds. The van der Waals surface area contributed by atoms with Gasteiger partial charge < -0.3 is 4.90 Å². The summed E-state index contributed by atoms with van der Waals surface area (Å²) in [6.45, 7) is 9.17. The van der Waals surface area contributed by atoms with Crippen LogP contribution in [-0.4, -0.2) is 9.97 Å². The predicted octanol–water partition coefficient (Wildman–Crippen LogP) is 5.23. The molecule has 0 saturated carbocycles. The molecule has 5 rings (SSSR count). The molecule has 0 radical (unpaired) electrons. The molecule has 25 heavy (non-hydrogen) atoms. The van der Waals surface area contributed by atoms with Gasteiger partial charge in [-0.1, -0.05) is 50.2 Å². The number of nitrogens with zero attached hydrogens (tertiary/aromatic N) is 3. The first kappa shape index (κ1) is 14.6. The lowest BCUT2D eigenvalue weighted by atomic mass is 9.68. The Bertz CT molecular complexity index is 940. The van der Waals surface area contributed by atoms with Crippen molar-refractivity contribution in [2.75, 3.05) is 4.90 Å². The Kier molecular flexibility index (Phi) is 2.63. The molecule has 0 bridgehead atoms. The molecule has 0 unspecified atom stereocenters. The molecular weight excluding hydrogens is 306 g/mol. The third-order valence-electron chi connectivity index (χ3n) is 5.95. The Morgan fingerprint density at radius 3 is 2.24 bits per heavy atom. The molecule has 2 aliphatic rings. The standard InChI is InChI=1S/C22H21N3/c1-21(2)14-8-5-6-11-17(14)25-18-12-23-13-24-20(18)22(3,4)16-10-7-9-15(21)19(16)25/h5-13H,1-4H3. The van der Waals surface area contributed by atoms with E-state index in [0.717, 1.165) is 11.4 Å². The molecule has 0 atom stereocenters. The van der Waals surface area contributed by atoms with Gasteiger partial charge in [-0.2, -0.15) is 0 Å². The number of fused-ring (bicyclic) bond motifs is 4. The van der Waals surface area contributed by atoms with Crippen molar-refractivity contribution in [3.8, 4) is 0 Å². The van der Waals surface area contributed by atoms with Crippen molar-refractivity contribution < 1.29 is 0 Å². The van der Waals surface area contributed by atoms with Crippen LogP contribution in [0.3, 0.4) is 0 Å². The smallest absolute Gasteiger partial charge is 0.115 e. The zero-order valence-electron chi connectivity index (χ0n) is 15.0. The van der Waals surface area contributed by atoms with Crippen LogP contribution in [0.25, 0.3) is 0 Å². The van der Waals surface area contributed by atoms with Crippen LogP contribution in [0.5, 0.6) is 0 Å². The number of hydrogen-bond donors (Lipinski definition) is 0. The topological polar surface area (TPSA) is 29.0 Å². The fraction of sp³-hybridized carbons (Fsp3) is 0.273. The molecule has 0 saturated heterocycles. The van der Waals surface area contributed by atoms with Crippen LogP contribution < -0.4 is 4.90 Å². The van der Waals surface area contributed by atoms with Crippen LogP contribution in [0.1, 0.15) is 50.1 Å². The first-order valence-electron chi connectivity index (χ1n) is 8.78. The number of anilines is 3. The Hall–Kier alpha value is -2.68. The van der Waals surface area contributed by atoms with Gasteiger partial charge in [0.1, 0.15) is 6.33 Å². The average Bonchev–Trinajstić information content (AvgIpc) is 2.61. The molecule has 0 spiro atoms. The molecule has 2 aromatic carbocycles. The van der Waals surface area contributed by atoms with Crippen LogP contribution in [-0.2, 0) is 10.8 Å². The highest BCUT2D eigenvalue weighted by molar-refractivity contribution is 5.91. The van der Waals surface area contributed by atoms with Gasteiger partial charge in [0.2, 0.25) is 0 Å². The number of rotatable bonds is 0. The summed E-state index contributed by atoms with van der Waals surface area (Å²) in [6, 6.07) is 15.4. The molecule has 0 aliphatic carbocycles. The summed E-state index contributed by atoms with van der Waals surface area (Å²) in [5.74, 6) is 0. The summed E-state index contributed by atoms with van der Waals surface area (Å²) in [5, 5.41) is 0. The highest BCUT2D eigenvalue weighted by atomic mass is 15.2. The van der Waals surface area contributed by atoms with Gasteiger partial charge in [0.05, 0.1) is 29.0 Å². The fourth-order valence-electron chi connectivity index (χ4n) is 4.60. The Morgan fingerprint density at radius 1 is 0.760 bits per heavy atom. The van der Waals surface area contributed by atoms with E-state index < -0.39 is 0 Å². The third-order valence-corrected chi connectivity index (χ3v) is 5.95. The molecule has 2 aliphatic heterocycles. The Balaban J connectivity index is 1.97. The number of benzene rings is 2. The van der Waals surface area contributed by atoms with E-state index in [1.165, 1.54) is 28.1 Å². The fourth-order valence-corrected chi connectivity index (χ4v) is 4.60. The predicted molar refractivity (Wildman–Crippen MR) is 101 cm³/mol. The van der Waals surface area contributed by atoms with Crippen molar-refractivity contribution in [2.45, 2.75) is 38.5 Å². The van der Waals surface area contributed by atoms with Gasteiger partial charge in [0, 0.05) is 10.8 Å². The van der Waals surface area contributed by atoms with Gasteiger partial charge >= 0.3 is 0 Å². The maximum atomic E-state index is 4.68. The van der Waals surface area contributed by atoms with E-state index in [9.17, 15) is 0 Å². The summed E-state index contributed by atoms with van der Waals surface area (Å²) in [4.78, 5) is 11.4. The second-order valence-corrected chi connectivity index (χ2v) is 8.06. The van der Waals surface area contributed by atoms with Gasteiger partial charge in [-0.05, 0) is 36.6 Å². The van der Waals surface area contributed by atoms with Gasteiger partial charge in [0.25, 0.3) is 0 Å². The molecule has 3 heteroatoms. The molecule has 3 aromatic rings. The Morgan fingerprint density at radius 2 is 1.44 bits per heavy atom. The maximum Gasteiger partial charge on any atom is 0.115 e. The van der Waals surface area contributed by atoms with Crippen LogP contribution in [0.2, 0.25) is 0 Å². The third kappa shape index (κ3) is 1.66. The van der Waals surface area contributed by atoms with E-state index in [1.54, 1.807) is 6.33 Å². The quantitative estimate of drug-likeness (QED) is 0.566. The maximum absolute atomic E-state index is 4.68. The monoisotopic (exact) mass is 327 g/mol. The minimum Gasteiger partial charge on any atom is -0.306 e. The normalized spacial score (nSPS) is 18.2. The summed E-state index contributed by atoms with van der Waals surface area (Å²) < 4.78 is 0. The molecule has 1 aromatic heterocycles. The average molecular weight is 327 g/mol. The summed E-state index contributed by atoms with van der Waals surface area (Å²) >= 11 is 0. The van der Waals surface area contributed by atoms with Crippen molar-refractivity contribution in [2.24, 2.45) is 0 Å². The molecule has 3 nitrogen and oxygen atoms in total. The molecular formula is C22H21N3. The summed E-state index contributed by atoms with van der Waals surface area (Å²) in [5.41, 5.74) is 8.57. The minimum atomic E-state index is -0.150. The van der Waals surface area contributed by atoms with E-state index in [1.807, 2.05) is 6.20 Å². The van der Waals surface area contributed by atoms with Gasteiger partial charge in [-0.15, -0.1) is 0 Å². The van der Waals surface area contributed by atoms with Crippen molar-refractivity contribution in [3.63, 3.8) is 0 Å². The van der Waals surface area contributed by atoms with Crippen LogP contribution in [0, 0.1) is 0 Å². The minimum absolute atomic E-state index is 0.0400. The molecule has 0 fully saturated rings. The van der Waals surface area contributed by atoms with Crippen molar-refractivity contribution in [1.82, 2.24) is 9.97 Å². The highest BCUT2D eigenvalue weighted by Gasteiger charge is 2.45. The van der Waals surface area contributed by atoms with Crippen LogP contribution >= 0.6 is 0 Å². The lowest BCUT2D eigenvalue weighted by Crippen LogP contribution is -2.38. The Labute approximate surface area is 148 Å². The van der Waals surface area contributed by atoms with E-state index in [4.69, 9.17) is 0 Å². The second kappa shape index (κ2) is 4.48. The zero-order valence-corrected chi connectivity index (χ0v) is 15.0. The first-order valence-corrected chi connectivity index (χ1v) is 8.78. The molecule has 0 N–H and O–H groups in total. The van der Waals surface area contributed by atoms with E-state index in [2.05, 4.69) is 85.0 Å². The molecule has 3 heterocycles. The van der Waals surface area contributed by atoms with Crippen molar-refractivity contribution in [3.05, 3.63) is 77.4 Å². The lowest BCUT2D eigenvalue weighted by molar-refractivity contribution is 0.582. The van der Waals surface area contributed by atoms with E-state index in [0.29, 0.717) is 0 Å². The number of hydrogen-bond acceptors (Lipinski definition) is 3. The number of aromatic nitrogens is 2.